The summed E-state index contributed by atoms with van der Waals surface area (Å²) in [4.78, 5) is 0. The van der Waals surface area contributed by atoms with Gasteiger partial charge in [0.25, 0.3) is 0 Å². The molecule has 0 spiro atoms. The normalized spacial score (nSPS) is 11.4. The van der Waals surface area contributed by atoms with Crippen molar-refractivity contribution in [1.29, 1.82) is 0 Å². The molecule has 298 valence electrons. The van der Waals surface area contributed by atoms with Gasteiger partial charge in [0.05, 0.1) is 0 Å². The Balaban J connectivity index is 1.26. The van der Waals surface area contributed by atoms with E-state index >= 15 is 0 Å². The monoisotopic (exact) mass is 810 g/mol. The van der Waals surface area contributed by atoms with Gasteiger partial charge in [0.1, 0.15) is 0 Å². The second-order valence-corrected chi connectivity index (χ2v) is 16.7. The van der Waals surface area contributed by atoms with E-state index in [2.05, 4.69) is 255 Å². The lowest BCUT2D eigenvalue weighted by molar-refractivity contribution is 1.58. The van der Waals surface area contributed by atoms with Crippen LogP contribution < -0.4 is 0 Å². The first kappa shape index (κ1) is 37.4. The molecule has 64 heavy (non-hydrogen) atoms. The predicted molar refractivity (Wildman–Crippen MR) is 274 cm³/mol. The molecule has 0 radical (unpaired) electrons. The van der Waals surface area contributed by atoms with E-state index in [4.69, 9.17) is 0 Å². The van der Waals surface area contributed by atoms with Crippen molar-refractivity contribution in [1.82, 2.24) is 0 Å². The van der Waals surface area contributed by atoms with Gasteiger partial charge in [-0.25, -0.2) is 0 Å². The van der Waals surface area contributed by atoms with Crippen LogP contribution in [0.1, 0.15) is 0 Å². The zero-order valence-electron chi connectivity index (χ0n) is 35.2. The van der Waals surface area contributed by atoms with Gasteiger partial charge >= 0.3 is 0 Å². The highest BCUT2D eigenvalue weighted by Gasteiger charge is 2.24. The summed E-state index contributed by atoms with van der Waals surface area (Å²) >= 11 is 0. The summed E-state index contributed by atoms with van der Waals surface area (Å²) in [6.07, 6.45) is 0. The van der Waals surface area contributed by atoms with Crippen LogP contribution in [0, 0.1) is 0 Å². The smallest absolute Gasteiger partial charge is 0.00139 e. The van der Waals surface area contributed by atoms with Gasteiger partial charge in [-0.15, -0.1) is 0 Å². The van der Waals surface area contributed by atoms with E-state index in [1.807, 2.05) is 0 Å². The van der Waals surface area contributed by atoms with Crippen LogP contribution in [0.25, 0.3) is 121 Å². The standard InChI is InChI=1S/C64H42/c1-5-21-43(22-6-1)47-29-13-17-33-51(47)59-41-60(52-34-18-14-30-48(52)44-23-7-2-8-24-44)56-39-40-58-62(54-36-20-16-32-50(54)46-27-11-4-12-28-46)42-61(57-38-37-55(59)63(56)64(57)58)53-35-19-15-31-49(53)45-25-9-3-10-26-45/h1-42H. The second kappa shape index (κ2) is 15.9. The third-order valence-electron chi connectivity index (χ3n) is 13.1. The average Bonchev–Trinajstić information content (AvgIpc) is 3.38. The average molecular weight is 811 g/mol. The SMILES string of the molecule is c1ccc(-c2ccccc2-c2cc(-c3ccccc3-c3ccccc3)c3ccc4c(-c5ccccc5-c5ccccc5)cc(-c5ccccc5-c5ccccc5)c5ccc2c3c54)cc1. The molecular weight excluding hydrogens is 769 g/mol. The quantitative estimate of drug-likeness (QED) is 0.134. The summed E-state index contributed by atoms with van der Waals surface area (Å²) in [5.74, 6) is 0. The Bertz CT molecular complexity index is 3150. The van der Waals surface area contributed by atoms with E-state index in [9.17, 15) is 0 Å². The first-order valence-electron chi connectivity index (χ1n) is 22.2. The molecule has 0 heterocycles. The molecule has 12 aromatic rings. The topological polar surface area (TPSA) is 0 Å². The maximum Gasteiger partial charge on any atom is -0.00139 e. The molecule has 0 saturated heterocycles. The molecule has 0 aromatic heterocycles. The number of hydrogen-bond donors (Lipinski definition) is 0. The van der Waals surface area contributed by atoms with Crippen molar-refractivity contribution >= 4 is 32.3 Å². The summed E-state index contributed by atoms with van der Waals surface area (Å²) in [5.41, 5.74) is 19.4. The minimum atomic E-state index is 1.20. The van der Waals surface area contributed by atoms with Gasteiger partial charge in [-0.05, 0) is 133 Å². The molecule has 0 nitrogen and oxygen atoms in total. The van der Waals surface area contributed by atoms with E-state index in [0.717, 1.165) is 0 Å². The summed E-state index contributed by atoms with van der Waals surface area (Å²) < 4.78 is 0. The molecule has 0 atom stereocenters. The molecule has 0 amide bonds. The van der Waals surface area contributed by atoms with Crippen molar-refractivity contribution in [3.05, 3.63) is 255 Å². The predicted octanol–water partition coefficient (Wildman–Crippen LogP) is 17.9. The Morgan fingerprint density at radius 1 is 0.141 bits per heavy atom. The van der Waals surface area contributed by atoms with Gasteiger partial charge in [-0.2, -0.15) is 0 Å². The minimum absolute atomic E-state index is 1.20. The second-order valence-electron chi connectivity index (χ2n) is 16.7. The molecule has 0 heteroatoms. The molecule has 0 aliphatic heterocycles. The Morgan fingerprint density at radius 2 is 0.328 bits per heavy atom. The summed E-state index contributed by atoms with van der Waals surface area (Å²) in [6, 6.07) is 93.7. The van der Waals surface area contributed by atoms with E-state index in [0.29, 0.717) is 0 Å². The van der Waals surface area contributed by atoms with Crippen LogP contribution in [-0.4, -0.2) is 0 Å². The van der Waals surface area contributed by atoms with Crippen LogP contribution in [0.3, 0.4) is 0 Å². The highest BCUT2D eigenvalue weighted by Crippen LogP contribution is 2.52. The van der Waals surface area contributed by atoms with Crippen LogP contribution in [0.2, 0.25) is 0 Å². The summed E-state index contributed by atoms with van der Waals surface area (Å²) in [7, 11) is 0. The van der Waals surface area contributed by atoms with Gasteiger partial charge in [0, 0.05) is 0 Å². The molecule has 0 aliphatic carbocycles. The van der Waals surface area contributed by atoms with Crippen molar-refractivity contribution < 1.29 is 0 Å². The van der Waals surface area contributed by atoms with Crippen molar-refractivity contribution in [2.75, 3.05) is 0 Å². The van der Waals surface area contributed by atoms with Gasteiger partial charge in [-0.1, -0.05) is 243 Å². The Morgan fingerprint density at radius 3 is 0.547 bits per heavy atom. The molecule has 0 fully saturated rings. The van der Waals surface area contributed by atoms with Crippen LogP contribution in [0.5, 0.6) is 0 Å². The number of rotatable bonds is 8. The van der Waals surface area contributed by atoms with Crippen molar-refractivity contribution in [2.24, 2.45) is 0 Å². The lowest BCUT2D eigenvalue weighted by Crippen LogP contribution is -1.96. The van der Waals surface area contributed by atoms with E-state index < -0.39 is 0 Å². The zero-order chi connectivity index (χ0) is 42.4. The highest BCUT2D eigenvalue weighted by molar-refractivity contribution is 6.32. The Hall–Kier alpha value is -8.32. The number of hydrogen-bond acceptors (Lipinski definition) is 0. The summed E-state index contributed by atoms with van der Waals surface area (Å²) in [6.45, 7) is 0. The third kappa shape index (κ3) is 6.31. The Kier molecular flexibility index (Phi) is 9.28. The molecule has 0 saturated carbocycles. The zero-order valence-corrected chi connectivity index (χ0v) is 35.2. The maximum absolute atomic E-state index is 2.47. The maximum atomic E-state index is 2.47. The van der Waals surface area contributed by atoms with Crippen LogP contribution >= 0.6 is 0 Å². The first-order valence-corrected chi connectivity index (χ1v) is 22.2. The van der Waals surface area contributed by atoms with Crippen molar-refractivity contribution in [2.45, 2.75) is 0 Å². The van der Waals surface area contributed by atoms with Gasteiger partial charge < -0.3 is 0 Å². The lowest BCUT2D eigenvalue weighted by Gasteiger charge is -2.24. The van der Waals surface area contributed by atoms with Crippen molar-refractivity contribution in [3.8, 4) is 89.0 Å². The minimum Gasteiger partial charge on any atom is -0.0622 e. The number of benzene rings is 12. The van der Waals surface area contributed by atoms with E-state index in [-0.39, 0.29) is 0 Å². The van der Waals surface area contributed by atoms with Crippen molar-refractivity contribution in [3.63, 3.8) is 0 Å². The van der Waals surface area contributed by atoms with Crippen LogP contribution in [0.4, 0.5) is 0 Å². The van der Waals surface area contributed by atoms with E-state index in [1.54, 1.807) is 0 Å². The fourth-order valence-electron chi connectivity index (χ4n) is 10.2. The molecule has 0 unspecified atom stereocenters. The van der Waals surface area contributed by atoms with Crippen LogP contribution in [-0.2, 0) is 0 Å². The first-order chi connectivity index (χ1) is 31.8. The van der Waals surface area contributed by atoms with Gasteiger partial charge in [-0.3, -0.25) is 0 Å². The molecule has 12 aromatic carbocycles. The highest BCUT2D eigenvalue weighted by atomic mass is 14.3. The molecule has 12 rings (SSSR count). The lowest BCUT2D eigenvalue weighted by atomic mass is 9.79. The van der Waals surface area contributed by atoms with E-state index in [1.165, 1.54) is 121 Å². The Labute approximate surface area is 374 Å². The van der Waals surface area contributed by atoms with Gasteiger partial charge in [0.2, 0.25) is 0 Å². The largest absolute Gasteiger partial charge is 0.0622 e. The molecular formula is C64H42. The fourth-order valence-corrected chi connectivity index (χ4v) is 10.2. The van der Waals surface area contributed by atoms with Crippen LogP contribution in [0.15, 0.2) is 255 Å². The third-order valence-corrected chi connectivity index (χ3v) is 13.1. The van der Waals surface area contributed by atoms with Gasteiger partial charge in [0.15, 0.2) is 0 Å². The summed E-state index contributed by atoms with van der Waals surface area (Å²) in [5, 5.41) is 7.54. The molecule has 0 bridgehead atoms. The molecule has 0 aliphatic rings. The fraction of sp³-hybridized carbons (Fsp3) is 0. The molecule has 0 N–H and O–H groups in total.